The van der Waals surface area contributed by atoms with Gasteiger partial charge >= 0.3 is 0 Å². The molecule has 0 aliphatic rings. The predicted octanol–water partition coefficient (Wildman–Crippen LogP) is 1.95. The maximum absolute atomic E-state index is 5.57. The molecule has 0 rings (SSSR count). The third-order valence-corrected chi connectivity index (χ3v) is 3.44. The van der Waals surface area contributed by atoms with Crippen LogP contribution < -0.4 is 10.6 Å². The van der Waals surface area contributed by atoms with Crippen molar-refractivity contribution in [1.29, 1.82) is 0 Å². The number of hydrogen-bond acceptors (Lipinski definition) is 3. The minimum Gasteiger partial charge on any atom is -0.380 e. The topological polar surface area (TPSA) is 48.9 Å². The van der Waals surface area contributed by atoms with Crippen LogP contribution in [-0.4, -0.2) is 63.8 Å². The first kappa shape index (κ1) is 20.2. The van der Waals surface area contributed by atoms with Crippen LogP contribution in [-0.2, 0) is 4.74 Å². The van der Waals surface area contributed by atoms with Gasteiger partial charge in [0, 0.05) is 26.7 Å². The zero-order chi connectivity index (χ0) is 15.9. The molecule has 2 N–H and O–H groups in total. The molecule has 0 unspecified atom stereocenters. The summed E-state index contributed by atoms with van der Waals surface area (Å²) in [5.41, 5.74) is 0. The molecule has 5 heteroatoms. The zero-order valence-electron chi connectivity index (χ0n) is 14.7. The number of nitrogens with one attached hydrogen (secondary N) is 2. The van der Waals surface area contributed by atoms with Crippen molar-refractivity contribution < 1.29 is 4.74 Å². The van der Waals surface area contributed by atoms with E-state index < -0.39 is 0 Å². The molecular formula is C16H36N4O. The number of nitrogens with zero attached hydrogens (tertiary/aromatic N) is 2. The predicted molar refractivity (Wildman–Crippen MR) is 92.0 cm³/mol. The summed E-state index contributed by atoms with van der Waals surface area (Å²) in [7, 11) is 1.80. The summed E-state index contributed by atoms with van der Waals surface area (Å²) >= 11 is 0. The van der Waals surface area contributed by atoms with Gasteiger partial charge in [-0.05, 0) is 38.4 Å². The largest absolute Gasteiger partial charge is 0.380 e. The number of hydrogen-bond donors (Lipinski definition) is 2. The molecule has 0 spiro atoms. The lowest BCUT2D eigenvalue weighted by Crippen LogP contribution is -2.40. The monoisotopic (exact) mass is 300 g/mol. The van der Waals surface area contributed by atoms with E-state index >= 15 is 0 Å². The average Bonchev–Trinajstić information content (AvgIpc) is 2.48. The van der Waals surface area contributed by atoms with Crippen LogP contribution >= 0.6 is 0 Å². The van der Waals surface area contributed by atoms with Gasteiger partial charge in [0.05, 0.1) is 6.61 Å². The quantitative estimate of drug-likeness (QED) is 0.328. The van der Waals surface area contributed by atoms with Crippen LogP contribution in [0.1, 0.15) is 40.5 Å². The maximum atomic E-state index is 5.57. The number of ether oxygens (including phenoxy) is 1. The fraction of sp³-hybridized carbons (Fsp3) is 0.938. The highest BCUT2D eigenvalue weighted by Crippen LogP contribution is 1.98. The first-order valence-corrected chi connectivity index (χ1v) is 8.38. The van der Waals surface area contributed by atoms with E-state index in [1.54, 1.807) is 7.05 Å². The molecule has 126 valence electrons. The molecule has 5 nitrogen and oxygen atoms in total. The first-order chi connectivity index (χ1) is 10.1. The smallest absolute Gasteiger partial charge is 0.191 e. The molecule has 0 amide bonds. The van der Waals surface area contributed by atoms with Crippen molar-refractivity contribution in [3.63, 3.8) is 0 Å². The van der Waals surface area contributed by atoms with Crippen molar-refractivity contribution in [2.45, 2.75) is 40.5 Å². The molecule has 0 bridgehead atoms. The van der Waals surface area contributed by atoms with Gasteiger partial charge in [0.2, 0.25) is 0 Å². The van der Waals surface area contributed by atoms with Crippen LogP contribution in [0, 0.1) is 5.92 Å². The third kappa shape index (κ3) is 12.6. The summed E-state index contributed by atoms with van der Waals surface area (Å²) in [5, 5.41) is 6.61. The summed E-state index contributed by atoms with van der Waals surface area (Å²) in [6.45, 7) is 15.5. The maximum Gasteiger partial charge on any atom is 0.191 e. The van der Waals surface area contributed by atoms with Gasteiger partial charge in [-0.15, -0.1) is 0 Å². The van der Waals surface area contributed by atoms with E-state index in [1.807, 2.05) is 0 Å². The Kier molecular flexibility index (Phi) is 13.6. The Balaban J connectivity index is 3.55. The van der Waals surface area contributed by atoms with Gasteiger partial charge in [0.15, 0.2) is 5.96 Å². The van der Waals surface area contributed by atoms with Crippen LogP contribution in [0.3, 0.4) is 0 Å². The fourth-order valence-electron chi connectivity index (χ4n) is 1.93. The Hall–Kier alpha value is -0.810. The molecule has 0 aliphatic heterocycles. The molecule has 21 heavy (non-hydrogen) atoms. The Morgan fingerprint density at radius 2 is 1.76 bits per heavy atom. The van der Waals surface area contributed by atoms with Crippen molar-refractivity contribution >= 4 is 5.96 Å². The van der Waals surface area contributed by atoms with Crippen LogP contribution in [0.25, 0.3) is 0 Å². The lowest BCUT2D eigenvalue weighted by molar-refractivity contribution is 0.128. The van der Waals surface area contributed by atoms with Gasteiger partial charge in [-0.25, -0.2) is 0 Å². The second kappa shape index (κ2) is 14.1. The first-order valence-electron chi connectivity index (χ1n) is 8.38. The minimum absolute atomic E-state index is 0.707. The normalized spacial score (nSPS) is 12.2. The van der Waals surface area contributed by atoms with E-state index in [2.05, 4.69) is 48.2 Å². The molecular weight excluding hydrogens is 264 g/mol. The second-order valence-electron chi connectivity index (χ2n) is 5.60. The van der Waals surface area contributed by atoms with Crippen molar-refractivity contribution in [2.75, 3.05) is 53.0 Å². The second-order valence-corrected chi connectivity index (χ2v) is 5.60. The van der Waals surface area contributed by atoms with E-state index in [1.165, 1.54) is 0 Å². The van der Waals surface area contributed by atoms with Gasteiger partial charge in [-0.3, -0.25) is 4.99 Å². The summed E-state index contributed by atoms with van der Waals surface area (Å²) in [4.78, 5) is 6.65. The minimum atomic E-state index is 0.707. The Bertz CT molecular complexity index is 253. The number of guanidine groups is 1. The molecule has 0 radical (unpaired) electrons. The molecule has 0 aromatic carbocycles. The van der Waals surface area contributed by atoms with Crippen LogP contribution in [0.2, 0.25) is 0 Å². The van der Waals surface area contributed by atoms with E-state index in [9.17, 15) is 0 Å². The van der Waals surface area contributed by atoms with Crippen LogP contribution in [0.5, 0.6) is 0 Å². The summed E-state index contributed by atoms with van der Waals surface area (Å²) in [6, 6.07) is 0. The standard InChI is InChI=1S/C16H36N4O/c1-6-20(7-2)12-8-10-18-16(17-5)19-11-14-21-13-9-15(3)4/h15H,6-14H2,1-5H3,(H2,17,18,19). The molecule has 0 aliphatic carbocycles. The summed E-state index contributed by atoms with van der Waals surface area (Å²) < 4.78 is 5.57. The number of aliphatic imine (C=N–C) groups is 1. The van der Waals surface area contributed by atoms with Crippen molar-refractivity contribution in [3.05, 3.63) is 0 Å². The fourth-order valence-corrected chi connectivity index (χ4v) is 1.93. The van der Waals surface area contributed by atoms with Crippen LogP contribution in [0.4, 0.5) is 0 Å². The van der Waals surface area contributed by atoms with Gasteiger partial charge in [-0.1, -0.05) is 27.7 Å². The van der Waals surface area contributed by atoms with E-state index in [0.717, 1.165) is 64.7 Å². The van der Waals surface area contributed by atoms with Gasteiger partial charge in [-0.2, -0.15) is 0 Å². The molecule has 0 saturated carbocycles. The SMILES string of the molecule is CCN(CC)CCCNC(=NC)NCCOCCC(C)C. The molecule has 0 fully saturated rings. The number of rotatable bonds is 12. The van der Waals surface area contributed by atoms with Gasteiger partial charge in [0.1, 0.15) is 0 Å². The van der Waals surface area contributed by atoms with Crippen molar-refractivity contribution in [3.8, 4) is 0 Å². The lowest BCUT2D eigenvalue weighted by atomic mass is 10.1. The Labute approximate surface area is 131 Å². The molecule has 0 heterocycles. The van der Waals surface area contributed by atoms with E-state index in [4.69, 9.17) is 4.74 Å². The highest BCUT2D eigenvalue weighted by atomic mass is 16.5. The van der Waals surface area contributed by atoms with Crippen LogP contribution in [0.15, 0.2) is 4.99 Å². The van der Waals surface area contributed by atoms with Crippen molar-refractivity contribution in [2.24, 2.45) is 10.9 Å². The summed E-state index contributed by atoms with van der Waals surface area (Å²) in [6.07, 6.45) is 2.26. The van der Waals surface area contributed by atoms with E-state index in [-0.39, 0.29) is 0 Å². The van der Waals surface area contributed by atoms with Crippen molar-refractivity contribution in [1.82, 2.24) is 15.5 Å². The lowest BCUT2D eigenvalue weighted by Gasteiger charge is -2.18. The molecule has 0 aromatic heterocycles. The summed E-state index contributed by atoms with van der Waals surface area (Å²) in [5.74, 6) is 1.57. The highest BCUT2D eigenvalue weighted by molar-refractivity contribution is 5.79. The Morgan fingerprint density at radius 3 is 2.33 bits per heavy atom. The Morgan fingerprint density at radius 1 is 1.10 bits per heavy atom. The molecule has 0 saturated heterocycles. The molecule has 0 aromatic rings. The van der Waals surface area contributed by atoms with Gasteiger partial charge in [0.25, 0.3) is 0 Å². The highest BCUT2D eigenvalue weighted by Gasteiger charge is 2.00. The third-order valence-electron chi connectivity index (χ3n) is 3.44. The average molecular weight is 300 g/mol. The zero-order valence-corrected chi connectivity index (χ0v) is 14.7. The van der Waals surface area contributed by atoms with Gasteiger partial charge < -0.3 is 20.3 Å². The van der Waals surface area contributed by atoms with E-state index in [0.29, 0.717) is 5.92 Å². The molecule has 0 atom stereocenters.